The van der Waals surface area contributed by atoms with E-state index in [-0.39, 0.29) is 0 Å². The SMILES string of the molecule is CC1CCCC2(C)C1CCC2C(C)[C@H](C)CCC(C)(C)O. The zero-order valence-electron chi connectivity index (χ0n) is 15.3. The van der Waals surface area contributed by atoms with Crippen molar-refractivity contribution in [2.75, 3.05) is 0 Å². The van der Waals surface area contributed by atoms with Crippen molar-refractivity contribution in [1.29, 1.82) is 0 Å². The van der Waals surface area contributed by atoms with E-state index in [2.05, 4.69) is 27.7 Å². The lowest BCUT2D eigenvalue weighted by Gasteiger charge is -2.47. The van der Waals surface area contributed by atoms with Gasteiger partial charge in [-0.3, -0.25) is 0 Å². The summed E-state index contributed by atoms with van der Waals surface area (Å²) < 4.78 is 0. The van der Waals surface area contributed by atoms with Crippen molar-refractivity contribution in [3.05, 3.63) is 0 Å². The maximum Gasteiger partial charge on any atom is 0.0591 e. The van der Waals surface area contributed by atoms with Gasteiger partial charge in [-0.15, -0.1) is 0 Å². The summed E-state index contributed by atoms with van der Waals surface area (Å²) in [6.45, 7) is 13.9. The second kappa shape index (κ2) is 6.22. The largest absolute Gasteiger partial charge is 0.390 e. The zero-order chi connectivity index (χ0) is 15.8. The first-order valence-corrected chi connectivity index (χ1v) is 9.37. The Morgan fingerprint density at radius 1 is 1.19 bits per heavy atom. The minimum atomic E-state index is -0.505. The second-order valence-electron chi connectivity index (χ2n) is 9.35. The number of fused-ring (bicyclic) bond motifs is 1. The molecule has 0 aliphatic heterocycles. The van der Waals surface area contributed by atoms with Crippen molar-refractivity contribution in [2.24, 2.45) is 35.0 Å². The maximum absolute atomic E-state index is 9.99. The summed E-state index contributed by atoms with van der Waals surface area (Å²) in [6.07, 6.45) is 9.35. The van der Waals surface area contributed by atoms with Crippen molar-refractivity contribution < 1.29 is 5.11 Å². The molecular formula is C20H38O. The molecule has 0 radical (unpaired) electrons. The van der Waals surface area contributed by atoms with Crippen LogP contribution in [-0.4, -0.2) is 10.7 Å². The Hall–Kier alpha value is -0.0400. The van der Waals surface area contributed by atoms with Gasteiger partial charge in [-0.2, -0.15) is 0 Å². The average Bonchev–Trinajstić information content (AvgIpc) is 2.73. The van der Waals surface area contributed by atoms with E-state index in [1.54, 1.807) is 0 Å². The molecule has 0 bridgehead atoms. The Morgan fingerprint density at radius 3 is 2.48 bits per heavy atom. The van der Waals surface area contributed by atoms with Crippen LogP contribution in [0.4, 0.5) is 0 Å². The van der Waals surface area contributed by atoms with Crippen molar-refractivity contribution >= 4 is 0 Å². The minimum Gasteiger partial charge on any atom is -0.390 e. The lowest BCUT2D eigenvalue weighted by Crippen LogP contribution is -2.39. The standard InChI is InChI=1S/C20H38O/c1-14(11-13-19(4,5)21)16(3)18-10-9-17-15(2)8-7-12-20(17,18)6/h14-18,21H,7-13H2,1-6H3/t14-,15?,16?,17?,18?,20?/m1/s1. The molecule has 21 heavy (non-hydrogen) atoms. The number of hydrogen-bond acceptors (Lipinski definition) is 1. The minimum absolute atomic E-state index is 0.505. The van der Waals surface area contributed by atoms with E-state index in [1.165, 1.54) is 32.1 Å². The third-order valence-electron chi connectivity index (χ3n) is 7.29. The molecule has 124 valence electrons. The molecule has 0 aromatic carbocycles. The van der Waals surface area contributed by atoms with Crippen molar-refractivity contribution in [1.82, 2.24) is 0 Å². The van der Waals surface area contributed by atoms with Crippen LogP contribution in [0.25, 0.3) is 0 Å². The fourth-order valence-corrected chi connectivity index (χ4v) is 5.71. The molecule has 6 atom stereocenters. The van der Waals surface area contributed by atoms with Crippen LogP contribution in [0.15, 0.2) is 0 Å². The molecule has 2 aliphatic rings. The van der Waals surface area contributed by atoms with Gasteiger partial charge in [-0.1, -0.05) is 40.5 Å². The van der Waals surface area contributed by atoms with Gasteiger partial charge in [0, 0.05) is 0 Å². The third-order valence-corrected chi connectivity index (χ3v) is 7.29. The molecule has 1 nitrogen and oxygen atoms in total. The molecule has 2 rings (SSSR count). The second-order valence-corrected chi connectivity index (χ2v) is 9.35. The van der Waals surface area contributed by atoms with Crippen LogP contribution < -0.4 is 0 Å². The highest BCUT2D eigenvalue weighted by Crippen LogP contribution is 2.60. The van der Waals surface area contributed by atoms with Crippen LogP contribution in [-0.2, 0) is 0 Å². The normalized spacial score (nSPS) is 39.9. The summed E-state index contributed by atoms with van der Waals surface area (Å²) in [5, 5.41) is 9.99. The molecule has 2 saturated carbocycles. The molecule has 0 saturated heterocycles. The van der Waals surface area contributed by atoms with Gasteiger partial charge >= 0.3 is 0 Å². The zero-order valence-corrected chi connectivity index (χ0v) is 15.3. The average molecular weight is 295 g/mol. The van der Waals surface area contributed by atoms with E-state index < -0.39 is 5.60 Å². The fourth-order valence-electron chi connectivity index (χ4n) is 5.71. The first-order valence-electron chi connectivity index (χ1n) is 9.37. The Labute approximate surface area is 132 Å². The van der Waals surface area contributed by atoms with Crippen molar-refractivity contribution in [3.8, 4) is 0 Å². The van der Waals surface area contributed by atoms with E-state index in [0.717, 1.165) is 42.4 Å². The Bertz CT molecular complexity index is 342. The maximum atomic E-state index is 9.99. The lowest BCUT2D eigenvalue weighted by molar-refractivity contribution is 0.0170. The third kappa shape index (κ3) is 3.66. The number of rotatable bonds is 5. The lowest BCUT2D eigenvalue weighted by atomic mass is 9.58. The highest BCUT2D eigenvalue weighted by Gasteiger charge is 2.51. The van der Waals surface area contributed by atoms with Crippen LogP contribution in [0, 0.1) is 35.0 Å². The van der Waals surface area contributed by atoms with Crippen LogP contribution in [0.5, 0.6) is 0 Å². The fraction of sp³-hybridized carbons (Fsp3) is 1.00. The van der Waals surface area contributed by atoms with Gasteiger partial charge in [0.05, 0.1) is 5.60 Å². The summed E-state index contributed by atoms with van der Waals surface area (Å²) in [5.74, 6) is 4.34. The van der Waals surface area contributed by atoms with Gasteiger partial charge in [-0.05, 0) is 81.0 Å². The summed E-state index contributed by atoms with van der Waals surface area (Å²) in [6, 6.07) is 0. The summed E-state index contributed by atoms with van der Waals surface area (Å²) in [5.41, 5.74) is 0.0928. The monoisotopic (exact) mass is 294 g/mol. The van der Waals surface area contributed by atoms with E-state index in [0.29, 0.717) is 5.41 Å². The Kier molecular flexibility index (Phi) is 5.13. The first kappa shape index (κ1) is 17.3. The Morgan fingerprint density at radius 2 is 1.86 bits per heavy atom. The highest BCUT2D eigenvalue weighted by atomic mass is 16.3. The van der Waals surface area contributed by atoms with Crippen LogP contribution in [0.3, 0.4) is 0 Å². The molecule has 1 heteroatoms. The van der Waals surface area contributed by atoms with Crippen LogP contribution in [0.1, 0.15) is 86.5 Å². The molecule has 2 aliphatic carbocycles. The molecule has 5 unspecified atom stereocenters. The summed E-state index contributed by atoms with van der Waals surface area (Å²) in [4.78, 5) is 0. The smallest absolute Gasteiger partial charge is 0.0591 e. The molecule has 0 aromatic heterocycles. The molecule has 0 amide bonds. The predicted molar refractivity (Wildman–Crippen MR) is 91.2 cm³/mol. The van der Waals surface area contributed by atoms with E-state index in [4.69, 9.17) is 0 Å². The highest BCUT2D eigenvalue weighted by molar-refractivity contribution is 5.01. The topological polar surface area (TPSA) is 20.2 Å². The Balaban J connectivity index is 2.00. The molecular weight excluding hydrogens is 256 g/mol. The molecule has 1 N–H and O–H groups in total. The van der Waals surface area contributed by atoms with Gasteiger partial charge in [0.2, 0.25) is 0 Å². The molecule has 0 spiro atoms. The summed E-state index contributed by atoms with van der Waals surface area (Å²) in [7, 11) is 0. The molecule has 0 heterocycles. The molecule has 0 aromatic rings. The predicted octanol–water partition coefficient (Wildman–Crippen LogP) is 5.66. The number of hydrogen-bond donors (Lipinski definition) is 1. The first-order chi connectivity index (χ1) is 9.65. The molecule has 2 fully saturated rings. The van der Waals surface area contributed by atoms with Crippen molar-refractivity contribution in [2.45, 2.75) is 92.1 Å². The van der Waals surface area contributed by atoms with E-state index >= 15 is 0 Å². The number of aliphatic hydroxyl groups is 1. The van der Waals surface area contributed by atoms with Gasteiger partial charge in [0.25, 0.3) is 0 Å². The quantitative estimate of drug-likeness (QED) is 0.693. The summed E-state index contributed by atoms with van der Waals surface area (Å²) >= 11 is 0. The van der Waals surface area contributed by atoms with E-state index in [9.17, 15) is 5.11 Å². The van der Waals surface area contributed by atoms with Gasteiger partial charge in [-0.25, -0.2) is 0 Å². The van der Waals surface area contributed by atoms with Crippen molar-refractivity contribution in [3.63, 3.8) is 0 Å². The van der Waals surface area contributed by atoms with Gasteiger partial charge < -0.3 is 5.11 Å². The van der Waals surface area contributed by atoms with Gasteiger partial charge in [0.1, 0.15) is 0 Å². The van der Waals surface area contributed by atoms with Crippen LogP contribution in [0.2, 0.25) is 0 Å². The van der Waals surface area contributed by atoms with E-state index in [1.807, 2.05) is 13.8 Å². The van der Waals surface area contributed by atoms with Gasteiger partial charge in [0.15, 0.2) is 0 Å². The van der Waals surface area contributed by atoms with Crippen LogP contribution >= 0.6 is 0 Å².